The van der Waals surface area contributed by atoms with Crippen LogP contribution in [0.3, 0.4) is 0 Å². The molecule has 0 aliphatic carbocycles. The summed E-state index contributed by atoms with van der Waals surface area (Å²) in [5.41, 5.74) is 0. The summed E-state index contributed by atoms with van der Waals surface area (Å²) in [6.45, 7) is 3.24. The summed E-state index contributed by atoms with van der Waals surface area (Å²) in [5.74, 6) is 1.36. The first kappa shape index (κ1) is 15.1. The van der Waals surface area contributed by atoms with Crippen LogP contribution in [0, 0.1) is 5.92 Å². The van der Waals surface area contributed by atoms with E-state index >= 15 is 0 Å². The van der Waals surface area contributed by atoms with Crippen LogP contribution in [0.25, 0.3) is 0 Å². The molecule has 20 heavy (non-hydrogen) atoms. The minimum absolute atomic E-state index is 0.254. The Morgan fingerprint density at radius 3 is 2.50 bits per heavy atom. The molecule has 1 atom stereocenters. The van der Waals surface area contributed by atoms with Crippen LogP contribution >= 0.6 is 0 Å². The van der Waals surface area contributed by atoms with Crippen LogP contribution in [0.5, 0.6) is 11.5 Å². The van der Waals surface area contributed by atoms with Crippen LogP contribution in [0.4, 0.5) is 0 Å². The largest absolute Gasteiger partial charge is 0.493 e. The molecule has 0 spiro atoms. The van der Waals surface area contributed by atoms with Crippen molar-refractivity contribution in [2.75, 3.05) is 27.3 Å². The van der Waals surface area contributed by atoms with Gasteiger partial charge in [-0.2, -0.15) is 4.31 Å². The number of benzene rings is 1. The van der Waals surface area contributed by atoms with Crippen molar-refractivity contribution in [3.8, 4) is 11.5 Å². The molecule has 1 saturated heterocycles. The third kappa shape index (κ3) is 2.91. The van der Waals surface area contributed by atoms with Crippen molar-refractivity contribution in [3.05, 3.63) is 18.2 Å². The molecule has 0 aromatic heterocycles. The Hall–Kier alpha value is -1.27. The van der Waals surface area contributed by atoms with Crippen molar-refractivity contribution in [1.82, 2.24) is 4.31 Å². The van der Waals surface area contributed by atoms with Crippen molar-refractivity contribution < 1.29 is 17.9 Å². The van der Waals surface area contributed by atoms with Gasteiger partial charge in [0.2, 0.25) is 10.0 Å². The second-order valence-corrected chi connectivity index (χ2v) is 7.07. The highest BCUT2D eigenvalue weighted by atomic mass is 32.2. The zero-order valence-electron chi connectivity index (χ0n) is 12.1. The fourth-order valence-corrected chi connectivity index (χ4v) is 4.10. The fraction of sp³-hybridized carbons (Fsp3) is 0.571. The molecule has 1 fully saturated rings. The van der Waals surface area contributed by atoms with Crippen LogP contribution in [-0.4, -0.2) is 40.0 Å². The number of rotatable bonds is 4. The van der Waals surface area contributed by atoms with Crippen molar-refractivity contribution >= 4 is 10.0 Å². The topological polar surface area (TPSA) is 55.8 Å². The molecule has 0 bridgehead atoms. The molecule has 0 saturated carbocycles. The molecule has 6 heteroatoms. The average molecular weight is 299 g/mol. The average Bonchev–Trinajstić information content (AvgIpc) is 2.46. The van der Waals surface area contributed by atoms with E-state index in [1.807, 2.05) is 0 Å². The van der Waals surface area contributed by atoms with Gasteiger partial charge in [0.1, 0.15) is 0 Å². The number of methoxy groups -OCH3 is 2. The molecule has 1 aromatic carbocycles. The van der Waals surface area contributed by atoms with E-state index in [9.17, 15) is 8.42 Å². The van der Waals surface area contributed by atoms with Crippen LogP contribution in [0.1, 0.15) is 19.8 Å². The van der Waals surface area contributed by atoms with Gasteiger partial charge < -0.3 is 9.47 Å². The van der Waals surface area contributed by atoms with E-state index in [1.165, 1.54) is 20.3 Å². The second-order valence-electron chi connectivity index (χ2n) is 5.13. The Kier molecular flexibility index (Phi) is 4.55. The van der Waals surface area contributed by atoms with E-state index in [-0.39, 0.29) is 4.90 Å². The third-order valence-corrected chi connectivity index (χ3v) is 5.47. The van der Waals surface area contributed by atoms with E-state index in [2.05, 4.69) is 6.92 Å². The quantitative estimate of drug-likeness (QED) is 0.854. The molecule has 0 N–H and O–H groups in total. The molecule has 1 aliphatic heterocycles. The molecule has 1 aromatic rings. The monoisotopic (exact) mass is 299 g/mol. The van der Waals surface area contributed by atoms with Gasteiger partial charge in [-0.3, -0.25) is 0 Å². The van der Waals surface area contributed by atoms with Crippen LogP contribution < -0.4 is 9.47 Å². The highest BCUT2D eigenvalue weighted by Crippen LogP contribution is 2.31. The van der Waals surface area contributed by atoms with Gasteiger partial charge in [0.25, 0.3) is 0 Å². The van der Waals surface area contributed by atoms with Crippen molar-refractivity contribution in [1.29, 1.82) is 0 Å². The molecule has 112 valence electrons. The van der Waals surface area contributed by atoms with Crippen molar-refractivity contribution in [2.45, 2.75) is 24.7 Å². The van der Waals surface area contributed by atoms with Gasteiger partial charge in [-0.25, -0.2) is 8.42 Å². The van der Waals surface area contributed by atoms with Crippen LogP contribution in [-0.2, 0) is 10.0 Å². The lowest BCUT2D eigenvalue weighted by atomic mass is 10.0. The summed E-state index contributed by atoms with van der Waals surface area (Å²) in [5, 5.41) is 0. The normalized spacial score (nSPS) is 20.6. The number of hydrogen-bond donors (Lipinski definition) is 0. The zero-order valence-corrected chi connectivity index (χ0v) is 12.9. The van der Waals surface area contributed by atoms with Crippen molar-refractivity contribution in [2.24, 2.45) is 5.92 Å². The molecular weight excluding hydrogens is 278 g/mol. The highest BCUT2D eigenvalue weighted by Gasteiger charge is 2.29. The number of sulfonamides is 1. The molecule has 2 rings (SSSR count). The lowest BCUT2D eigenvalue weighted by molar-refractivity contribution is 0.281. The molecule has 5 nitrogen and oxygen atoms in total. The minimum Gasteiger partial charge on any atom is -0.493 e. The summed E-state index contributed by atoms with van der Waals surface area (Å²) in [4.78, 5) is 0.254. The van der Waals surface area contributed by atoms with Gasteiger partial charge in [0, 0.05) is 19.2 Å². The summed E-state index contributed by atoms with van der Waals surface area (Å²) in [7, 11) is -0.431. The number of nitrogens with zero attached hydrogens (tertiary/aromatic N) is 1. The molecular formula is C14H21NO4S. The van der Waals surface area contributed by atoms with Gasteiger partial charge in [-0.15, -0.1) is 0 Å². The summed E-state index contributed by atoms with van der Waals surface area (Å²) < 4.78 is 37.1. The first-order valence-corrected chi connectivity index (χ1v) is 8.15. The van der Waals surface area contributed by atoms with Crippen LogP contribution in [0.2, 0.25) is 0 Å². The Balaban J connectivity index is 2.34. The lowest BCUT2D eigenvalue weighted by Crippen LogP contribution is -2.39. The first-order chi connectivity index (χ1) is 9.48. The standard InChI is InChI=1S/C14H21NO4S/c1-11-5-4-8-15(10-11)20(16,17)12-6-7-13(18-2)14(9-12)19-3/h6-7,9,11H,4-5,8,10H2,1-3H3. The Morgan fingerprint density at radius 2 is 1.90 bits per heavy atom. The second kappa shape index (κ2) is 6.01. The maximum absolute atomic E-state index is 12.6. The minimum atomic E-state index is -3.45. The van der Waals surface area contributed by atoms with Gasteiger partial charge in [0.05, 0.1) is 19.1 Å². The van der Waals surface area contributed by atoms with Crippen LogP contribution in [0.15, 0.2) is 23.1 Å². The molecule has 0 amide bonds. The van der Waals surface area contributed by atoms with Gasteiger partial charge >= 0.3 is 0 Å². The van der Waals surface area contributed by atoms with Gasteiger partial charge in [0.15, 0.2) is 11.5 Å². The third-order valence-electron chi connectivity index (χ3n) is 3.61. The zero-order chi connectivity index (χ0) is 14.8. The molecule has 1 heterocycles. The SMILES string of the molecule is COc1ccc(S(=O)(=O)N2CCCC(C)C2)cc1OC. The van der Waals surface area contributed by atoms with E-state index < -0.39 is 10.0 Å². The Morgan fingerprint density at radius 1 is 1.20 bits per heavy atom. The van der Waals surface area contributed by atoms with Crippen molar-refractivity contribution in [3.63, 3.8) is 0 Å². The number of piperidine rings is 1. The maximum Gasteiger partial charge on any atom is 0.243 e. The Labute approximate surface area is 120 Å². The smallest absolute Gasteiger partial charge is 0.243 e. The number of ether oxygens (including phenoxy) is 2. The molecule has 1 aliphatic rings. The highest BCUT2D eigenvalue weighted by molar-refractivity contribution is 7.89. The van der Waals surface area contributed by atoms with Gasteiger partial charge in [-0.1, -0.05) is 6.92 Å². The van der Waals surface area contributed by atoms with E-state index in [0.29, 0.717) is 30.5 Å². The summed E-state index contributed by atoms with van der Waals surface area (Å²) >= 11 is 0. The predicted octanol–water partition coefficient (Wildman–Crippen LogP) is 2.12. The first-order valence-electron chi connectivity index (χ1n) is 6.71. The predicted molar refractivity (Wildman–Crippen MR) is 76.7 cm³/mol. The van der Waals surface area contributed by atoms with E-state index in [0.717, 1.165) is 12.8 Å². The summed E-state index contributed by atoms with van der Waals surface area (Å²) in [6.07, 6.45) is 1.99. The van der Waals surface area contributed by atoms with E-state index in [1.54, 1.807) is 16.4 Å². The fourth-order valence-electron chi connectivity index (χ4n) is 2.49. The Bertz CT molecular complexity index is 571. The van der Waals surface area contributed by atoms with E-state index in [4.69, 9.17) is 9.47 Å². The van der Waals surface area contributed by atoms with Gasteiger partial charge in [-0.05, 0) is 30.9 Å². The summed E-state index contributed by atoms with van der Waals surface area (Å²) in [6, 6.07) is 4.71. The lowest BCUT2D eigenvalue weighted by Gasteiger charge is -2.30. The molecule has 1 unspecified atom stereocenters. The molecule has 0 radical (unpaired) electrons. The number of hydrogen-bond acceptors (Lipinski definition) is 4. The maximum atomic E-state index is 12.6.